The van der Waals surface area contributed by atoms with Crippen LogP contribution in [-0.2, 0) is 16.0 Å². The number of H-pyrrole nitrogens is 1. The van der Waals surface area contributed by atoms with E-state index in [0.29, 0.717) is 25.3 Å². The van der Waals surface area contributed by atoms with Gasteiger partial charge in [0, 0.05) is 60.0 Å². The lowest BCUT2D eigenvalue weighted by molar-refractivity contribution is -0.122. The number of nitrogens with two attached hydrogens (primary N) is 1. The number of carbonyl (C=O) groups excluding carboxylic acids is 1. The smallest absolute Gasteiger partial charge is 0.243 e. The van der Waals surface area contributed by atoms with Gasteiger partial charge in [0.25, 0.3) is 0 Å². The van der Waals surface area contributed by atoms with E-state index in [1.165, 1.54) is 26.0 Å². The molecule has 2 atom stereocenters. The van der Waals surface area contributed by atoms with Crippen molar-refractivity contribution in [3.63, 3.8) is 0 Å². The van der Waals surface area contributed by atoms with Crippen molar-refractivity contribution in [3.8, 4) is 5.75 Å². The third-order valence-corrected chi connectivity index (χ3v) is 7.34. The Kier molecular flexibility index (Phi) is 10.3. The molecule has 10 heteroatoms. The number of alkyl halides is 1. The van der Waals surface area contributed by atoms with Gasteiger partial charge in [-0.1, -0.05) is 18.2 Å². The first-order valence-electron chi connectivity index (χ1n) is 14.3. The van der Waals surface area contributed by atoms with Crippen molar-refractivity contribution in [1.29, 1.82) is 0 Å². The lowest BCUT2D eigenvalue weighted by atomic mass is 9.87. The monoisotopic (exact) mass is 574 g/mol. The van der Waals surface area contributed by atoms with Crippen molar-refractivity contribution in [2.75, 3.05) is 39.5 Å². The molecule has 1 amide bonds. The van der Waals surface area contributed by atoms with E-state index in [1.54, 1.807) is 0 Å². The number of ether oxygens (including phenoxy) is 2. The van der Waals surface area contributed by atoms with Gasteiger partial charge in [0.2, 0.25) is 5.91 Å². The SMILES string of the molecule is C[C@@H]1Cc2c([nH]c3ccccc23)[C@@H](c2c(F)cc(OCCNCCCCCOCC(N)=O)cc2F)N1CC(C)(C)F. The Balaban J connectivity index is 1.42. The van der Waals surface area contributed by atoms with E-state index in [-0.39, 0.29) is 37.1 Å². The number of para-hydroxylation sites is 1. The summed E-state index contributed by atoms with van der Waals surface area (Å²) in [4.78, 5) is 15.9. The minimum absolute atomic E-state index is 0.0246. The van der Waals surface area contributed by atoms with Gasteiger partial charge < -0.3 is 25.5 Å². The number of rotatable bonds is 15. The Morgan fingerprint density at radius 1 is 1.12 bits per heavy atom. The van der Waals surface area contributed by atoms with E-state index in [1.807, 2.05) is 36.1 Å². The van der Waals surface area contributed by atoms with Crippen molar-refractivity contribution in [2.45, 2.75) is 64.2 Å². The highest BCUT2D eigenvalue weighted by Gasteiger charge is 2.41. The first kappa shape index (κ1) is 30.9. The zero-order valence-corrected chi connectivity index (χ0v) is 24.1. The maximum atomic E-state index is 15.7. The van der Waals surface area contributed by atoms with Gasteiger partial charge in [0.15, 0.2) is 0 Å². The van der Waals surface area contributed by atoms with Crippen molar-refractivity contribution in [1.82, 2.24) is 15.2 Å². The van der Waals surface area contributed by atoms with Crippen LogP contribution in [0.3, 0.4) is 0 Å². The van der Waals surface area contributed by atoms with Gasteiger partial charge in [-0.25, -0.2) is 13.2 Å². The second kappa shape index (κ2) is 13.7. The van der Waals surface area contributed by atoms with Crippen LogP contribution in [0.25, 0.3) is 10.9 Å². The highest BCUT2D eigenvalue weighted by molar-refractivity contribution is 5.85. The van der Waals surface area contributed by atoms with Crippen LogP contribution >= 0.6 is 0 Å². The molecule has 0 saturated heterocycles. The summed E-state index contributed by atoms with van der Waals surface area (Å²) < 4.78 is 57.2. The number of unbranched alkanes of at least 4 members (excludes halogenated alkanes) is 2. The van der Waals surface area contributed by atoms with Crippen LogP contribution < -0.4 is 15.8 Å². The zero-order chi connectivity index (χ0) is 29.6. The first-order chi connectivity index (χ1) is 19.5. The van der Waals surface area contributed by atoms with Crippen molar-refractivity contribution in [2.24, 2.45) is 5.73 Å². The number of aromatic amines is 1. The predicted octanol–water partition coefficient (Wildman–Crippen LogP) is 5.17. The van der Waals surface area contributed by atoms with Gasteiger partial charge in [-0.15, -0.1) is 0 Å². The molecule has 0 saturated carbocycles. The molecule has 3 aromatic rings. The molecule has 2 aromatic carbocycles. The molecule has 0 fully saturated rings. The lowest BCUT2D eigenvalue weighted by Gasteiger charge is -2.43. The number of halogens is 3. The quantitative estimate of drug-likeness (QED) is 0.218. The summed E-state index contributed by atoms with van der Waals surface area (Å²) >= 11 is 0. The lowest BCUT2D eigenvalue weighted by Crippen LogP contribution is -2.48. The van der Waals surface area contributed by atoms with Crippen molar-refractivity contribution >= 4 is 16.8 Å². The highest BCUT2D eigenvalue weighted by Crippen LogP contribution is 2.43. The number of benzene rings is 2. The van der Waals surface area contributed by atoms with Gasteiger partial charge in [-0.2, -0.15) is 0 Å². The van der Waals surface area contributed by atoms with Crippen LogP contribution in [0, 0.1) is 11.6 Å². The number of amides is 1. The van der Waals surface area contributed by atoms with Crippen molar-refractivity contribution < 1.29 is 27.4 Å². The normalized spacial score (nSPS) is 17.6. The van der Waals surface area contributed by atoms with E-state index in [2.05, 4.69) is 10.3 Å². The van der Waals surface area contributed by atoms with Crippen LogP contribution in [0.5, 0.6) is 5.75 Å². The van der Waals surface area contributed by atoms with Crippen LogP contribution in [0.15, 0.2) is 36.4 Å². The fraction of sp³-hybridized carbons (Fsp3) is 0.516. The van der Waals surface area contributed by atoms with E-state index in [4.69, 9.17) is 15.2 Å². The number of hydrogen-bond acceptors (Lipinski definition) is 5. The number of fused-ring (bicyclic) bond motifs is 3. The van der Waals surface area contributed by atoms with Crippen LogP contribution in [0.1, 0.15) is 62.9 Å². The maximum absolute atomic E-state index is 15.7. The minimum atomic E-state index is -1.56. The summed E-state index contributed by atoms with van der Waals surface area (Å²) in [5, 5.41) is 4.26. The molecule has 1 aromatic heterocycles. The third kappa shape index (κ3) is 8.02. The number of aromatic nitrogens is 1. The number of primary amides is 1. The molecule has 224 valence electrons. The van der Waals surface area contributed by atoms with Gasteiger partial charge in [0.05, 0.1) is 6.04 Å². The average Bonchev–Trinajstić information content (AvgIpc) is 3.25. The average molecular weight is 575 g/mol. The molecular weight excluding hydrogens is 533 g/mol. The second-order valence-corrected chi connectivity index (χ2v) is 11.4. The van der Waals surface area contributed by atoms with Crippen LogP contribution in [0.4, 0.5) is 13.2 Å². The standard InChI is InChI=1S/C31H41F3N4O3/c1-20-15-23-22-9-5-6-10-26(22)37-29(23)30(38(20)19-31(2,3)34)28-24(32)16-21(17-25(28)33)41-14-12-36-11-7-4-8-13-40-18-27(35)39/h5-6,9-10,16-17,20,30,36-37H,4,7-8,11-15,18-19H2,1-3H3,(H2,35,39)/t20-,30-/m1/s1. The van der Waals surface area contributed by atoms with E-state index >= 15 is 8.78 Å². The van der Waals surface area contributed by atoms with Gasteiger partial charge >= 0.3 is 0 Å². The zero-order valence-electron chi connectivity index (χ0n) is 24.1. The molecule has 2 heterocycles. The molecule has 7 nitrogen and oxygen atoms in total. The Labute approximate surface area is 239 Å². The number of nitrogens with zero attached hydrogens (tertiary/aromatic N) is 1. The number of carbonyl (C=O) groups is 1. The fourth-order valence-electron chi connectivity index (χ4n) is 5.57. The van der Waals surface area contributed by atoms with Crippen LogP contribution in [0.2, 0.25) is 0 Å². The summed E-state index contributed by atoms with van der Waals surface area (Å²) in [5.74, 6) is -1.82. The predicted molar refractivity (Wildman–Crippen MR) is 154 cm³/mol. The molecule has 0 bridgehead atoms. The number of nitrogens with one attached hydrogen (secondary N) is 2. The van der Waals surface area contributed by atoms with Gasteiger partial charge in [-0.3, -0.25) is 9.69 Å². The molecule has 0 radical (unpaired) electrons. The highest BCUT2D eigenvalue weighted by atomic mass is 19.1. The largest absolute Gasteiger partial charge is 0.492 e. The minimum Gasteiger partial charge on any atom is -0.492 e. The first-order valence-corrected chi connectivity index (χ1v) is 14.3. The van der Waals surface area contributed by atoms with Crippen LogP contribution in [-0.4, -0.2) is 67.0 Å². The fourth-order valence-corrected chi connectivity index (χ4v) is 5.57. The molecule has 41 heavy (non-hydrogen) atoms. The Bertz CT molecular complexity index is 1300. The summed E-state index contributed by atoms with van der Waals surface area (Å²) in [6.07, 6.45) is 3.32. The topological polar surface area (TPSA) is 92.6 Å². The third-order valence-electron chi connectivity index (χ3n) is 7.34. The maximum Gasteiger partial charge on any atom is 0.243 e. The Hall–Kier alpha value is -3.08. The van der Waals surface area contributed by atoms with E-state index in [0.717, 1.165) is 42.3 Å². The molecule has 4 rings (SSSR count). The molecule has 0 aliphatic carbocycles. The van der Waals surface area contributed by atoms with E-state index < -0.39 is 29.3 Å². The molecule has 1 aliphatic heterocycles. The summed E-state index contributed by atoms with van der Waals surface area (Å²) in [6.45, 7) is 6.91. The molecule has 0 spiro atoms. The molecule has 1 aliphatic rings. The molecule has 0 unspecified atom stereocenters. The van der Waals surface area contributed by atoms with Crippen molar-refractivity contribution in [3.05, 3.63) is 64.9 Å². The second-order valence-electron chi connectivity index (χ2n) is 11.4. The van der Waals surface area contributed by atoms with Gasteiger partial charge in [-0.05, 0) is 64.6 Å². The number of hydrogen-bond donors (Lipinski definition) is 3. The molecule has 4 N–H and O–H groups in total. The Morgan fingerprint density at radius 2 is 1.85 bits per heavy atom. The summed E-state index contributed by atoms with van der Waals surface area (Å²) in [5.41, 5.74) is 5.95. The Morgan fingerprint density at radius 3 is 2.56 bits per heavy atom. The van der Waals surface area contributed by atoms with Gasteiger partial charge in [0.1, 0.15) is 36.3 Å². The summed E-state index contributed by atoms with van der Waals surface area (Å²) in [6, 6.07) is 9.28. The summed E-state index contributed by atoms with van der Waals surface area (Å²) in [7, 11) is 0. The van der Waals surface area contributed by atoms with E-state index in [9.17, 15) is 9.18 Å². The molecular formula is C31H41F3N4O3.